The number of carbonyl (C=O) groups excluding carboxylic acids is 2. The van der Waals surface area contributed by atoms with Gasteiger partial charge in [0.05, 0.1) is 6.42 Å². The number of ether oxygens (including phenoxy) is 1. The summed E-state index contributed by atoms with van der Waals surface area (Å²) in [5.74, 6) is -0.495. The minimum atomic E-state index is -0.453. The summed E-state index contributed by atoms with van der Waals surface area (Å²) in [5, 5.41) is 0. The highest BCUT2D eigenvalue weighted by Gasteiger charge is 2.14. The van der Waals surface area contributed by atoms with E-state index in [1.807, 2.05) is 6.07 Å². The molecule has 0 saturated heterocycles. The summed E-state index contributed by atoms with van der Waals surface area (Å²) in [6.45, 7) is 1.18. The van der Waals surface area contributed by atoms with E-state index in [-0.39, 0.29) is 30.9 Å². The van der Waals surface area contributed by atoms with Crippen LogP contribution in [-0.4, -0.2) is 28.9 Å². The minimum absolute atomic E-state index is 0.0421. The van der Waals surface area contributed by atoms with Crippen LogP contribution in [0.15, 0.2) is 30.3 Å². The minimum Gasteiger partial charge on any atom is -0.454 e. The smallest absolute Gasteiger partial charge is 0.306 e. The molecule has 0 amide bonds. The molecule has 0 saturated carbocycles. The van der Waals surface area contributed by atoms with Crippen LogP contribution in [0.5, 0.6) is 0 Å². The van der Waals surface area contributed by atoms with E-state index in [9.17, 15) is 9.59 Å². The Morgan fingerprint density at radius 2 is 1.89 bits per heavy atom. The molecular formula is C13H14N2O3. The van der Waals surface area contributed by atoms with Crippen molar-refractivity contribution in [3.8, 4) is 0 Å². The molecule has 1 aromatic rings. The molecule has 0 radical (unpaired) electrons. The number of carbonyl (C=O) groups is 2. The summed E-state index contributed by atoms with van der Waals surface area (Å²) >= 11 is 0. The standard InChI is InChI=1S/C13H14N2O3/c1-10(16)18-9-12(15-14)7-8-13(17)11-5-3-2-4-6-11/h2-6H,7-9H2,1H3. The third kappa shape index (κ3) is 4.72. The van der Waals surface area contributed by atoms with Crippen LogP contribution in [0.25, 0.3) is 5.53 Å². The Hall–Kier alpha value is -2.26. The lowest BCUT2D eigenvalue weighted by atomic mass is 10.1. The first kappa shape index (κ1) is 13.8. The highest BCUT2D eigenvalue weighted by molar-refractivity contribution is 5.98. The predicted molar refractivity (Wildman–Crippen MR) is 65.3 cm³/mol. The van der Waals surface area contributed by atoms with Crippen molar-refractivity contribution in [3.63, 3.8) is 0 Å². The number of hydrogen-bond donors (Lipinski definition) is 0. The van der Waals surface area contributed by atoms with Gasteiger partial charge in [0, 0.05) is 18.9 Å². The molecule has 1 aromatic carbocycles. The molecule has 0 aliphatic rings. The molecule has 5 nitrogen and oxygen atoms in total. The molecule has 0 bridgehead atoms. The molecule has 0 fully saturated rings. The van der Waals surface area contributed by atoms with Crippen LogP contribution in [0.1, 0.15) is 30.1 Å². The molecule has 0 N–H and O–H groups in total. The van der Waals surface area contributed by atoms with Gasteiger partial charge in [-0.3, -0.25) is 9.59 Å². The van der Waals surface area contributed by atoms with Gasteiger partial charge in [0.1, 0.15) is 0 Å². The SMILES string of the molecule is CC(=O)OCC(CCC(=O)c1ccccc1)=[N+]=[N-]. The molecule has 0 atom stereocenters. The Balaban J connectivity index is 2.47. The van der Waals surface area contributed by atoms with Crippen molar-refractivity contribution in [1.29, 1.82) is 0 Å². The van der Waals surface area contributed by atoms with Gasteiger partial charge in [0.25, 0.3) is 0 Å². The van der Waals surface area contributed by atoms with Crippen LogP contribution in [0.3, 0.4) is 0 Å². The van der Waals surface area contributed by atoms with Gasteiger partial charge < -0.3 is 10.3 Å². The molecule has 94 valence electrons. The van der Waals surface area contributed by atoms with Crippen molar-refractivity contribution >= 4 is 17.5 Å². The fourth-order valence-electron chi connectivity index (χ4n) is 1.36. The van der Waals surface area contributed by atoms with E-state index in [1.54, 1.807) is 24.3 Å². The first-order valence-corrected chi connectivity index (χ1v) is 5.55. The molecule has 1 rings (SSSR count). The van der Waals surface area contributed by atoms with E-state index in [4.69, 9.17) is 10.3 Å². The van der Waals surface area contributed by atoms with Gasteiger partial charge in [-0.1, -0.05) is 30.3 Å². The van der Waals surface area contributed by atoms with E-state index >= 15 is 0 Å². The summed E-state index contributed by atoms with van der Waals surface area (Å²) in [7, 11) is 0. The van der Waals surface area contributed by atoms with Crippen LogP contribution in [-0.2, 0) is 9.53 Å². The first-order valence-electron chi connectivity index (χ1n) is 5.55. The van der Waals surface area contributed by atoms with Gasteiger partial charge in [-0.2, -0.15) is 4.79 Å². The van der Waals surface area contributed by atoms with E-state index in [2.05, 4.69) is 4.79 Å². The van der Waals surface area contributed by atoms with Crippen molar-refractivity contribution < 1.29 is 19.1 Å². The number of Topliss-reactive ketones (excluding diaryl/α,β-unsaturated/α-hetero) is 1. The van der Waals surface area contributed by atoms with Crippen LogP contribution < -0.4 is 0 Å². The molecule has 0 heterocycles. The Bertz CT molecular complexity index is 476. The molecule has 5 heteroatoms. The third-order valence-electron chi connectivity index (χ3n) is 2.32. The Labute approximate surface area is 105 Å². The summed E-state index contributed by atoms with van der Waals surface area (Å²) < 4.78 is 4.69. The zero-order chi connectivity index (χ0) is 13.4. The topological polar surface area (TPSA) is 79.8 Å². The second kappa shape index (κ2) is 7.14. The van der Waals surface area contributed by atoms with E-state index in [1.165, 1.54) is 6.92 Å². The van der Waals surface area contributed by atoms with Crippen molar-refractivity contribution in [1.82, 2.24) is 0 Å². The number of hydrogen-bond acceptors (Lipinski definition) is 3. The summed E-state index contributed by atoms with van der Waals surface area (Å²) in [6, 6.07) is 8.85. The lowest BCUT2D eigenvalue weighted by molar-refractivity contribution is -0.140. The number of benzene rings is 1. The Morgan fingerprint density at radius 3 is 2.44 bits per heavy atom. The zero-order valence-electron chi connectivity index (χ0n) is 10.1. The Kier molecular flexibility index (Phi) is 5.48. The van der Waals surface area contributed by atoms with Gasteiger partial charge in [0.2, 0.25) is 0 Å². The fraction of sp³-hybridized carbons (Fsp3) is 0.308. The first-order chi connectivity index (χ1) is 8.63. The van der Waals surface area contributed by atoms with Crippen molar-refractivity contribution in [2.45, 2.75) is 19.8 Å². The normalized spacial score (nSPS) is 9.39. The van der Waals surface area contributed by atoms with Gasteiger partial charge in [-0.15, -0.1) is 0 Å². The quantitative estimate of drug-likeness (QED) is 0.253. The van der Waals surface area contributed by atoms with Crippen LogP contribution in [0.4, 0.5) is 0 Å². The lowest BCUT2D eigenvalue weighted by Crippen LogP contribution is -2.14. The molecule has 0 spiro atoms. The largest absolute Gasteiger partial charge is 0.454 e. The van der Waals surface area contributed by atoms with Crippen molar-refractivity contribution in [2.24, 2.45) is 0 Å². The predicted octanol–water partition coefficient (Wildman–Crippen LogP) is 1.88. The molecule has 18 heavy (non-hydrogen) atoms. The molecule has 0 unspecified atom stereocenters. The fourth-order valence-corrected chi connectivity index (χ4v) is 1.36. The second-order valence-electron chi connectivity index (χ2n) is 3.74. The van der Waals surface area contributed by atoms with E-state index < -0.39 is 5.97 Å². The molecular weight excluding hydrogens is 232 g/mol. The average molecular weight is 246 g/mol. The molecule has 0 aliphatic carbocycles. The summed E-state index contributed by atoms with van der Waals surface area (Å²) in [6.07, 6.45) is 0.474. The zero-order valence-corrected chi connectivity index (χ0v) is 10.1. The van der Waals surface area contributed by atoms with Crippen LogP contribution in [0.2, 0.25) is 0 Å². The molecule has 0 aliphatic heterocycles. The average Bonchev–Trinajstić information content (AvgIpc) is 2.39. The summed E-state index contributed by atoms with van der Waals surface area (Å²) in [5.41, 5.74) is 9.59. The van der Waals surface area contributed by atoms with Gasteiger partial charge >= 0.3 is 11.7 Å². The number of esters is 1. The number of rotatable bonds is 6. The van der Waals surface area contributed by atoms with E-state index in [0.717, 1.165) is 0 Å². The van der Waals surface area contributed by atoms with Crippen LogP contribution in [0, 0.1) is 0 Å². The lowest BCUT2D eigenvalue weighted by Gasteiger charge is -1.99. The maximum Gasteiger partial charge on any atom is 0.306 e. The highest BCUT2D eigenvalue weighted by Crippen LogP contribution is 2.05. The second-order valence-corrected chi connectivity index (χ2v) is 3.74. The van der Waals surface area contributed by atoms with E-state index in [0.29, 0.717) is 5.56 Å². The Morgan fingerprint density at radius 1 is 1.22 bits per heavy atom. The van der Waals surface area contributed by atoms with Gasteiger partial charge in [0.15, 0.2) is 12.4 Å². The van der Waals surface area contributed by atoms with Crippen molar-refractivity contribution in [3.05, 3.63) is 41.4 Å². The molecule has 0 aromatic heterocycles. The maximum absolute atomic E-state index is 11.8. The highest BCUT2D eigenvalue weighted by atomic mass is 16.5. The van der Waals surface area contributed by atoms with Crippen molar-refractivity contribution in [2.75, 3.05) is 6.61 Å². The summed E-state index contributed by atoms with van der Waals surface area (Å²) in [4.78, 5) is 25.4. The number of nitrogens with zero attached hydrogens (tertiary/aromatic N) is 2. The number of ketones is 1. The monoisotopic (exact) mass is 246 g/mol. The third-order valence-corrected chi connectivity index (χ3v) is 2.32. The maximum atomic E-state index is 11.8. The van der Waals surface area contributed by atoms with Crippen LogP contribution >= 0.6 is 0 Å². The van der Waals surface area contributed by atoms with Gasteiger partial charge in [-0.05, 0) is 0 Å². The van der Waals surface area contributed by atoms with Gasteiger partial charge in [-0.25, -0.2) is 0 Å².